The van der Waals surface area contributed by atoms with Crippen LogP contribution in [0.15, 0.2) is 0 Å². The summed E-state index contributed by atoms with van der Waals surface area (Å²) in [6, 6.07) is -0.109. The average Bonchev–Trinajstić information content (AvgIpc) is 3.04. The minimum atomic E-state index is -0.339. The van der Waals surface area contributed by atoms with Crippen LogP contribution in [0.2, 0.25) is 0 Å². The van der Waals surface area contributed by atoms with Gasteiger partial charge in [-0.15, -0.1) is 12.4 Å². The summed E-state index contributed by atoms with van der Waals surface area (Å²) in [7, 11) is 0. The van der Waals surface area contributed by atoms with E-state index in [2.05, 4.69) is 12.2 Å². The topological polar surface area (TPSA) is 75.4 Å². The van der Waals surface area contributed by atoms with Crippen LogP contribution >= 0.6 is 12.4 Å². The number of nitrogens with zero attached hydrogens (tertiary/aromatic N) is 1. The van der Waals surface area contributed by atoms with E-state index in [1.165, 1.54) is 6.92 Å². The monoisotopic (exact) mass is 317 g/mol. The number of likely N-dealkylation sites (tertiary alicyclic amines) is 1. The van der Waals surface area contributed by atoms with Crippen LogP contribution in [0.5, 0.6) is 0 Å². The largest absolute Gasteiger partial charge is 0.344 e. The molecule has 0 radical (unpaired) electrons. The number of halogens is 1. The highest BCUT2D eigenvalue weighted by molar-refractivity contribution is 5.87. The summed E-state index contributed by atoms with van der Waals surface area (Å²) >= 11 is 0. The van der Waals surface area contributed by atoms with E-state index in [1.807, 2.05) is 4.90 Å². The van der Waals surface area contributed by atoms with Crippen molar-refractivity contribution < 1.29 is 9.59 Å². The van der Waals surface area contributed by atoms with Gasteiger partial charge in [-0.1, -0.05) is 12.8 Å². The second-order valence-electron chi connectivity index (χ2n) is 6.40. The Morgan fingerprint density at radius 1 is 1.33 bits per heavy atom. The van der Waals surface area contributed by atoms with Crippen molar-refractivity contribution in [2.24, 2.45) is 17.6 Å². The van der Waals surface area contributed by atoms with E-state index in [4.69, 9.17) is 5.73 Å². The van der Waals surface area contributed by atoms with Crippen LogP contribution < -0.4 is 11.1 Å². The molecular formula is C15H28ClN3O2. The van der Waals surface area contributed by atoms with Gasteiger partial charge in [-0.05, 0) is 44.6 Å². The van der Waals surface area contributed by atoms with E-state index in [1.54, 1.807) is 0 Å². The molecule has 1 saturated heterocycles. The van der Waals surface area contributed by atoms with Gasteiger partial charge in [0.05, 0.1) is 0 Å². The molecule has 3 unspecified atom stereocenters. The first kappa shape index (κ1) is 18.2. The van der Waals surface area contributed by atoms with E-state index in [0.29, 0.717) is 18.4 Å². The highest BCUT2D eigenvalue weighted by atomic mass is 35.5. The molecule has 0 aromatic rings. The Morgan fingerprint density at radius 3 is 2.43 bits per heavy atom. The van der Waals surface area contributed by atoms with Gasteiger partial charge in [0.2, 0.25) is 11.8 Å². The van der Waals surface area contributed by atoms with Crippen molar-refractivity contribution in [1.29, 1.82) is 0 Å². The fourth-order valence-corrected chi connectivity index (χ4v) is 3.69. The lowest BCUT2D eigenvalue weighted by atomic mass is 9.96. The molecular weight excluding hydrogens is 290 g/mol. The van der Waals surface area contributed by atoms with Crippen molar-refractivity contribution in [3.63, 3.8) is 0 Å². The molecule has 3 N–H and O–H groups in total. The zero-order valence-electron chi connectivity index (χ0n) is 13.0. The summed E-state index contributed by atoms with van der Waals surface area (Å²) in [6.45, 7) is 4.93. The van der Waals surface area contributed by atoms with Crippen molar-refractivity contribution in [3.05, 3.63) is 0 Å². The lowest BCUT2D eigenvalue weighted by Crippen LogP contribution is -2.52. The second kappa shape index (κ2) is 7.99. The standard InChI is InChI=1S/C15H27N3O2.ClH/c1-10-7-12(8-16)9-18(10)15(20)14(17-11(2)19)13-5-3-4-6-13;/h10,12-14H,3-9,16H2,1-2H3,(H,17,19);1H. The first-order valence-electron chi connectivity index (χ1n) is 7.80. The number of rotatable bonds is 4. The van der Waals surface area contributed by atoms with Crippen LogP contribution in [0.4, 0.5) is 0 Å². The molecule has 21 heavy (non-hydrogen) atoms. The Labute approximate surface area is 133 Å². The van der Waals surface area contributed by atoms with Gasteiger partial charge in [0.25, 0.3) is 0 Å². The van der Waals surface area contributed by atoms with Crippen LogP contribution in [0, 0.1) is 11.8 Å². The van der Waals surface area contributed by atoms with Crippen LogP contribution in [-0.2, 0) is 9.59 Å². The third kappa shape index (κ3) is 4.33. The average molecular weight is 318 g/mol. The maximum atomic E-state index is 12.8. The molecule has 2 amide bonds. The first-order chi connectivity index (χ1) is 9.52. The van der Waals surface area contributed by atoms with Crippen molar-refractivity contribution in [3.8, 4) is 0 Å². The molecule has 3 atom stereocenters. The zero-order valence-corrected chi connectivity index (χ0v) is 13.8. The first-order valence-corrected chi connectivity index (χ1v) is 7.80. The highest BCUT2D eigenvalue weighted by Gasteiger charge is 2.39. The van der Waals surface area contributed by atoms with E-state index >= 15 is 0 Å². The molecule has 2 fully saturated rings. The summed E-state index contributed by atoms with van der Waals surface area (Å²) in [4.78, 5) is 26.2. The fraction of sp³-hybridized carbons (Fsp3) is 0.867. The van der Waals surface area contributed by atoms with Crippen LogP contribution in [0.1, 0.15) is 46.0 Å². The number of amides is 2. The lowest BCUT2D eigenvalue weighted by molar-refractivity contribution is -0.138. The van der Waals surface area contributed by atoms with Crippen molar-refractivity contribution in [2.45, 2.75) is 58.0 Å². The van der Waals surface area contributed by atoms with Gasteiger partial charge < -0.3 is 16.0 Å². The molecule has 1 heterocycles. The zero-order chi connectivity index (χ0) is 14.7. The third-order valence-electron chi connectivity index (χ3n) is 4.77. The van der Waals surface area contributed by atoms with Crippen molar-refractivity contribution in [2.75, 3.05) is 13.1 Å². The molecule has 0 bridgehead atoms. The molecule has 122 valence electrons. The highest BCUT2D eigenvalue weighted by Crippen LogP contribution is 2.31. The second-order valence-corrected chi connectivity index (χ2v) is 6.40. The number of nitrogens with two attached hydrogens (primary N) is 1. The van der Waals surface area contributed by atoms with Gasteiger partial charge in [0.15, 0.2) is 0 Å². The molecule has 0 aromatic carbocycles. The van der Waals surface area contributed by atoms with Crippen LogP contribution in [0.25, 0.3) is 0 Å². The molecule has 5 nitrogen and oxygen atoms in total. The van der Waals surface area contributed by atoms with Crippen LogP contribution in [-0.4, -0.2) is 41.9 Å². The molecule has 0 aromatic heterocycles. The summed E-state index contributed by atoms with van der Waals surface area (Å²) < 4.78 is 0. The molecule has 0 spiro atoms. The Morgan fingerprint density at radius 2 is 1.95 bits per heavy atom. The molecule has 1 saturated carbocycles. The van der Waals surface area contributed by atoms with Crippen molar-refractivity contribution in [1.82, 2.24) is 10.2 Å². The maximum absolute atomic E-state index is 12.8. The predicted octanol–water partition coefficient (Wildman–Crippen LogP) is 1.30. The predicted molar refractivity (Wildman–Crippen MR) is 85.1 cm³/mol. The quantitative estimate of drug-likeness (QED) is 0.820. The van der Waals surface area contributed by atoms with Gasteiger partial charge in [-0.3, -0.25) is 9.59 Å². The minimum absolute atomic E-state index is 0. The summed E-state index contributed by atoms with van der Waals surface area (Å²) in [6.07, 6.45) is 5.38. The van der Waals surface area contributed by atoms with Gasteiger partial charge in [-0.25, -0.2) is 0 Å². The molecule has 2 aliphatic rings. The normalized spacial score (nSPS) is 27.3. The van der Waals surface area contributed by atoms with Gasteiger partial charge >= 0.3 is 0 Å². The number of carbonyl (C=O) groups excluding carboxylic acids is 2. The van der Waals surface area contributed by atoms with Gasteiger partial charge in [0, 0.05) is 19.5 Å². The number of hydrogen-bond donors (Lipinski definition) is 2. The van der Waals surface area contributed by atoms with Gasteiger partial charge in [0.1, 0.15) is 6.04 Å². The Kier molecular flexibility index (Phi) is 6.94. The minimum Gasteiger partial charge on any atom is -0.344 e. The van der Waals surface area contributed by atoms with Gasteiger partial charge in [-0.2, -0.15) is 0 Å². The van der Waals surface area contributed by atoms with Crippen molar-refractivity contribution >= 4 is 24.2 Å². The lowest BCUT2D eigenvalue weighted by Gasteiger charge is -2.30. The Bertz CT molecular complexity index is 372. The molecule has 2 rings (SSSR count). The summed E-state index contributed by atoms with van der Waals surface area (Å²) in [5.41, 5.74) is 5.73. The number of carbonyl (C=O) groups is 2. The summed E-state index contributed by atoms with van der Waals surface area (Å²) in [5.74, 6) is 0.680. The van der Waals surface area contributed by atoms with E-state index in [0.717, 1.165) is 38.6 Å². The van der Waals surface area contributed by atoms with Crippen LogP contribution in [0.3, 0.4) is 0 Å². The number of hydrogen-bond acceptors (Lipinski definition) is 3. The van der Waals surface area contributed by atoms with E-state index in [-0.39, 0.29) is 36.3 Å². The molecule has 1 aliphatic heterocycles. The third-order valence-corrected chi connectivity index (χ3v) is 4.77. The maximum Gasteiger partial charge on any atom is 0.245 e. The SMILES string of the molecule is CC(=O)NC(C(=O)N1CC(CN)CC1C)C1CCCC1.Cl. The molecule has 1 aliphatic carbocycles. The van der Waals surface area contributed by atoms with E-state index < -0.39 is 0 Å². The smallest absolute Gasteiger partial charge is 0.245 e. The fourth-order valence-electron chi connectivity index (χ4n) is 3.69. The number of nitrogens with one attached hydrogen (secondary N) is 1. The Hall–Kier alpha value is -0.810. The summed E-state index contributed by atoms with van der Waals surface area (Å²) in [5, 5.41) is 2.89. The Balaban J connectivity index is 0.00000220. The van der Waals surface area contributed by atoms with E-state index in [9.17, 15) is 9.59 Å². The molecule has 6 heteroatoms.